The molecule has 0 saturated heterocycles. The number of hydrogen-bond donors (Lipinski definition) is 0. The van der Waals surface area contributed by atoms with E-state index < -0.39 is 0 Å². The highest BCUT2D eigenvalue weighted by molar-refractivity contribution is 9.10. The summed E-state index contributed by atoms with van der Waals surface area (Å²) in [6.07, 6.45) is 1.24. The van der Waals surface area contributed by atoms with Crippen LogP contribution in [0.5, 0.6) is 5.75 Å². The zero-order valence-corrected chi connectivity index (χ0v) is 15.2. The molecule has 0 N–H and O–H groups in total. The minimum absolute atomic E-state index is 0.150. The molecule has 22 heavy (non-hydrogen) atoms. The van der Waals surface area contributed by atoms with Gasteiger partial charge >= 0.3 is 0 Å². The Morgan fingerprint density at radius 2 is 2.18 bits per heavy atom. The van der Waals surface area contributed by atoms with Crippen molar-refractivity contribution in [2.45, 2.75) is 26.3 Å². The predicted octanol–water partition coefficient (Wildman–Crippen LogP) is 4.64. The maximum Gasteiger partial charge on any atom is 0.222 e. The van der Waals surface area contributed by atoms with E-state index >= 15 is 0 Å². The van der Waals surface area contributed by atoms with Crippen molar-refractivity contribution in [1.29, 1.82) is 0 Å². The first-order chi connectivity index (χ1) is 10.5. The molecule has 0 atom stereocenters. The van der Waals surface area contributed by atoms with Gasteiger partial charge in [0.25, 0.3) is 0 Å². The summed E-state index contributed by atoms with van der Waals surface area (Å²) in [4.78, 5) is 15.0. The molecule has 0 unspecified atom stereocenters. The fourth-order valence-corrected chi connectivity index (χ4v) is 3.57. The van der Waals surface area contributed by atoms with Gasteiger partial charge < -0.3 is 9.64 Å². The van der Waals surface area contributed by atoms with Gasteiger partial charge in [-0.2, -0.15) is 0 Å². The number of thiophene rings is 1. The van der Waals surface area contributed by atoms with E-state index in [-0.39, 0.29) is 5.91 Å². The number of amides is 1. The number of halogens is 1. The van der Waals surface area contributed by atoms with Crippen LogP contribution in [-0.2, 0) is 11.3 Å². The van der Waals surface area contributed by atoms with Gasteiger partial charge in [-0.3, -0.25) is 4.79 Å². The maximum absolute atomic E-state index is 12.1. The number of carbonyl (C=O) groups is 1. The molecule has 1 aromatic heterocycles. The van der Waals surface area contributed by atoms with Crippen molar-refractivity contribution >= 4 is 33.2 Å². The molecule has 0 radical (unpaired) electrons. The third-order valence-electron chi connectivity index (χ3n) is 3.23. The van der Waals surface area contributed by atoms with Crippen molar-refractivity contribution in [3.05, 3.63) is 50.6 Å². The minimum atomic E-state index is 0.150. The summed E-state index contributed by atoms with van der Waals surface area (Å²) in [7, 11) is 1.84. The smallest absolute Gasteiger partial charge is 0.222 e. The number of nitrogens with zero attached hydrogens (tertiary/aromatic N) is 1. The van der Waals surface area contributed by atoms with Crippen LogP contribution in [0.15, 0.2) is 40.2 Å². The number of carbonyl (C=O) groups excluding carboxylic acids is 1. The summed E-state index contributed by atoms with van der Waals surface area (Å²) in [5.74, 6) is 1.02. The second-order valence-electron chi connectivity index (χ2n) is 5.25. The SMILES string of the molecule is Cc1cccc(OCCCC(=O)N(C)Cc2cc(Br)cs2)c1. The van der Waals surface area contributed by atoms with Crippen molar-refractivity contribution in [2.24, 2.45) is 0 Å². The molecule has 3 nitrogen and oxygen atoms in total. The minimum Gasteiger partial charge on any atom is -0.494 e. The van der Waals surface area contributed by atoms with Crippen LogP contribution in [0.1, 0.15) is 23.3 Å². The van der Waals surface area contributed by atoms with Crippen molar-refractivity contribution in [3.8, 4) is 5.75 Å². The number of benzene rings is 1. The van der Waals surface area contributed by atoms with Crippen LogP contribution >= 0.6 is 27.3 Å². The Morgan fingerprint density at radius 3 is 2.86 bits per heavy atom. The lowest BCUT2D eigenvalue weighted by molar-refractivity contribution is -0.130. The van der Waals surface area contributed by atoms with Gasteiger partial charge in [0.15, 0.2) is 0 Å². The van der Waals surface area contributed by atoms with Crippen LogP contribution in [0.2, 0.25) is 0 Å². The molecule has 0 bridgehead atoms. The van der Waals surface area contributed by atoms with Gasteiger partial charge in [0.2, 0.25) is 5.91 Å². The molecule has 1 amide bonds. The molecule has 118 valence electrons. The van der Waals surface area contributed by atoms with Gasteiger partial charge in [-0.15, -0.1) is 11.3 Å². The third kappa shape index (κ3) is 5.46. The van der Waals surface area contributed by atoms with Crippen molar-refractivity contribution in [3.63, 3.8) is 0 Å². The van der Waals surface area contributed by atoms with Crippen LogP contribution in [0.4, 0.5) is 0 Å². The molecule has 2 rings (SSSR count). The quantitative estimate of drug-likeness (QED) is 0.653. The molecule has 0 saturated carbocycles. The number of rotatable bonds is 7. The van der Waals surface area contributed by atoms with Crippen LogP contribution in [0, 0.1) is 6.92 Å². The third-order valence-corrected chi connectivity index (χ3v) is 4.92. The van der Waals surface area contributed by atoms with Crippen LogP contribution in [-0.4, -0.2) is 24.5 Å². The fraction of sp³-hybridized carbons (Fsp3) is 0.353. The van der Waals surface area contributed by atoms with E-state index in [9.17, 15) is 4.79 Å². The summed E-state index contributed by atoms with van der Waals surface area (Å²) >= 11 is 5.08. The Kier molecular flexibility index (Phi) is 6.46. The first-order valence-corrected chi connectivity index (χ1v) is 8.88. The zero-order valence-electron chi connectivity index (χ0n) is 12.8. The van der Waals surface area contributed by atoms with Gasteiger partial charge in [0.1, 0.15) is 5.75 Å². The number of aryl methyl sites for hydroxylation is 1. The Hall–Kier alpha value is -1.33. The monoisotopic (exact) mass is 381 g/mol. The van der Waals surface area contributed by atoms with Gasteiger partial charge in [-0.25, -0.2) is 0 Å². The molecular formula is C17H20BrNO2S. The first-order valence-electron chi connectivity index (χ1n) is 7.21. The van der Waals surface area contributed by atoms with Gasteiger partial charge in [-0.05, 0) is 53.0 Å². The highest BCUT2D eigenvalue weighted by Gasteiger charge is 2.10. The van der Waals surface area contributed by atoms with E-state index in [0.29, 0.717) is 19.6 Å². The van der Waals surface area contributed by atoms with E-state index in [4.69, 9.17) is 4.74 Å². The molecule has 0 aliphatic heterocycles. The van der Waals surface area contributed by atoms with Crippen molar-refractivity contribution in [2.75, 3.05) is 13.7 Å². The lowest BCUT2D eigenvalue weighted by atomic mass is 10.2. The lowest BCUT2D eigenvalue weighted by Crippen LogP contribution is -2.25. The van der Waals surface area contributed by atoms with E-state index in [1.807, 2.05) is 43.6 Å². The number of hydrogen-bond acceptors (Lipinski definition) is 3. The summed E-state index contributed by atoms with van der Waals surface area (Å²) in [5.41, 5.74) is 1.18. The largest absolute Gasteiger partial charge is 0.494 e. The average Bonchev–Trinajstić information content (AvgIpc) is 2.88. The molecule has 5 heteroatoms. The van der Waals surface area contributed by atoms with Gasteiger partial charge in [-0.1, -0.05) is 12.1 Å². The molecular weight excluding hydrogens is 362 g/mol. The molecule has 0 aliphatic carbocycles. The van der Waals surface area contributed by atoms with Crippen LogP contribution < -0.4 is 4.74 Å². The maximum atomic E-state index is 12.1. The highest BCUT2D eigenvalue weighted by Crippen LogP contribution is 2.21. The van der Waals surface area contributed by atoms with Crippen LogP contribution in [0.25, 0.3) is 0 Å². The zero-order chi connectivity index (χ0) is 15.9. The van der Waals surface area contributed by atoms with Crippen molar-refractivity contribution < 1.29 is 9.53 Å². The fourth-order valence-electron chi connectivity index (χ4n) is 2.07. The van der Waals surface area contributed by atoms with Crippen LogP contribution in [0.3, 0.4) is 0 Å². The Labute approximate surface area is 144 Å². The molecule has 1 aromatic carbocycles. The number of ether oxygens (including phenoxy) is 1. The Morgan fingerprint density at radius 1 is 1.36 bits per heavy atom. The topological polar surface area (TPSA) is 29.5 Å². The molecule has 0 fully saturated rings. The summed E-state index contributed by atoms with van der Waals surface area (Å²) in [6, 6.07) is 10.0. The summed E-state index contributed by atoms with van der Waals surface area (Å²) < 4.78 is 6.73. The van der Waals surface area contributed by atoms with E-state index in [2.05, 4.69) is 22.0 Å². The first kappa shape index (κ1) is 17.0. The second kappa shape index (κ2) is 8.34. The van der Waals surface area contributed by atoms with E-state index in [1.54, 1.807) is 16.2 Å². The molecule has 1 heterocycles. The predicted molar refractivity (Wildman–Crippen MR) is 94.4 cm³/mol. The van der Waals surface area contributed by atoms with Crippen molar-refractivity contribution in [1.82, 2.24) is 4.90 Å². The van der Waals surface area contributed by atoms with Gasteiger partial charge in [0.05, 0.1) is 13.2 Å². The molecule has 0 spiro atoms. The van der Waals surface area contributed by atoms with Gasteiger partial charge in [0, 0.05) is 28.2 Å². The van der Waals surface area contributed by atoms with E-state index in [0.717, 1.165) is 16.6 Å². The summed E-state index contributed by atoms with van der Waals surface area (Å²) in [5, 5.41) is 2.03. The summed E-state index contributed by atoms with van der Waals surface area (Å²) in [6.45, 7) is 3.26. The lowest BCUT2D eigenvalue weighted by Gasteiger charge is -2.16. The Balaban J connectivity index is 1.68. The standard InChI is InChI=1S/C17H20BrNO2S/c1-13-5-3-6-15(9-13)21-8-4-7-17(20)19(2)11-16-10-14(18)12-22-16/h3,5-6,9-10,12H,4,7-8,11H2,1-2H3. The second-order valence-corrected chi connectivity index (χ2v) is 7.16. The normalized spacial score (nSPS) is 10.5. The molecule has 0 aliphatic rings. The van der Waals surface area contributed by atoms with E-state index in [1.165, 1.54) is 10.4 Å². The highest BCUT2D eigenvalue weighted by atomic mass is 79.9. The Bertz CT molecular complexity index is 627. The average molecular weight is 382 g/mol. The molecule has 2 aromatic rings.